The fraction of sp³-hybridized carbons (Fsp3) is 0.238. The van der Waals surface area contributed by atoms with E-state index >= 15 is 0 Å². The van der Waals surface area contributed by atoms with Crippen LogP contribution in [0.2, 0.25) is 0 Å². The molecule has 4 rings (SSSR count). The number of nitro groups is 1. The molecule has 4 aromatic rings. The molecule has 1 aromatic carbocycles. The van der Waals surface area contributed by atoms with E-state index in [1.54, 1.807) is 16.7 Å². The van der Waals surface area contributed by atoms with Gasteiger partial charge in [0.1, 0.15) is 5.69 Å². The molecule has 152 valence electrons. The fourth-order valence-electron chi connectivity index (χ4n) is 3.21. The maximum Gasteiger partial charge on any atom is 0.390 e. The van der Waals surface area contributed by atoms with E-state index in [2.05, 4.69) is 15.1 Å². The van der Waals surface area contributed by atoms with Crippen molar-refractivity contribution in [2.75, 3.05) is 0 Å². The van der Waals surface area contributed by atoms with Crippen LogP contribution in [0, 0.1) is 16.0 Å². The van der Waals surface area contributed by atoms with Gasteiger partial charge in [0.25, 0.3) is 0 Å². The van der Waals surface area contributed by atoms with Gasteiger partial charge in [-0.3, -0.25) is 9.20 Å². The van der Waals surface area contributed by atoms with Crippen molar-refractivity contribution in [1.82, 2.24) is 24.1 Å². The van der Waals surface area contributed by atoms with E-state index in [0.717, 1.165) is 11.3 Å². The predicted molar refractivity (Wildman–Crippen MR) is 110 cm³/mol. The van der Waals surface area contributed by atoms with Gasteiger partial charge in [-0.05, 0) is 16.9 Å². The van der Waals surface area contributed by atoms with Crippen LogP contribution in [0.4, 0.5) is 5.82 Å². The number of fused-ring (bicyclic) bond motifs is 1. The number of hydrogen-bond donors (Lipinski definition) is 0. The number of aromatic nitrogens is 5. The van der Waals surface area contributed by atoms with Crippen LogP contribution in [-0.2, 0) is 13.0 Å². The minimum Gasteiger partial charge on any atom is -0.358 e. The Morgan fingerprint density at radius 1 is 1.17 bits per heavy atom. The molecule has 30 heavy (non-hydrogen) atoms. The number of benzene rings is 1. The maximum atomic E-state index is 12.9. The molecule has 0 fully saturated rings. The first kappa shape index (κ1) is 19.4. The summed E-state index contributed by atoms with van der Waals surface area (Å²) in [7, 11) is 0. The lowest BCUT2D eigenvalue weighted by Crippen LogP contribution is -2.16. The summed E-state index contributed by atoms with van der Waals surface area (Å²) in [6.07, 6.45) is 3.69. The molecule has 0 atom stereocenters. The van der Waals surface area contributed by atoms with Crippen LogP contribution in [0.25, 0.3) is 17.0 Å². The number of carbonyl (C=O) groups is 1. The number of carbonyl (C=O) groups excluding carboxylic acids is 1. The highest BCUT2D eigenvalue weighted by Crippen LogP contribution is 2.19. The van der Waals surface area contributed by atoms with Crippen molar-refractivity contribution < 1.29 is 9.72 Å². The van der Waals surface area contributed by atoms with Crippen LogP contribution in [0.3, 0.4) is 0 Å². The molecule has 3 aromatic heterocycles. The zero-order chi connectivity index (χ0) is 21.3. The molecule has 0 aliphatic heterocycles. The summed E-state index contributed by atoms with van der Waals surface area (Å²) in [6.45, 7) is 4.34. The van der Waals surface area contributed by atoms with Crippen molar-refractivity contribution in [2.24, 2.45) is 5.92 Å². The molecule has 0 N–H and O–H groups in total. The Balaban J connectivity index is 1.61. The topological polar surface area (TPSA) is 108 Å². The van der Waals surface area contributed by atoms with E-state index < -0.39 is 4.92 Å². The Morgan fingerprint density at radius 2 is 1.93 bits per heavy atom. The number of Topliss-reactive ketones (excluding diaryl/α,β-unsaturated/α-hetero) is 1. The molecule has 9 nitrogen and oxygen atoms in total. The molecule has 3 heterocycles. The third kappa shape index (κ3) is 3.95. The van der Waals surface area contributed by atoms with E-state index in [1.807, 2.05) is 50.4 Å². The Hall–Kier alpha value is -3.88. The van der Waals surface area contributed by atoms with Crippen LogP contribution in [0.15, 0.2) is 54.9 Å². The smallest absolute Gasteiger partial charge is 0.358 e. The molecular weight excluding hydrogens is 384 g/mol. The molecule has 0 spiro atoms. The number of rotatable bonds is 7. The highest BCUT2D eigenvalue weighted by molar-refractivity contribution is 5.96. The van der Waals surface area contributed by atoms with Gasteiger partial charge in [0, 0.05) is 18.0 Å². The normalized spacial score (nSPS) is 11.3. The highest BCUT2D eigenvalue weighted by atomic mass is 16.6. The van der Waals surface area contributed by atoms with Gasteiger partial charge in [0.2, 0.25) is 5.78 Å². The molecular formula is C21H20N6O3. The first-order valence-electron chi connectivity index (χ1n) is 9.56. The largest absolute Gasteiger partial charge is 0.390 e. The number of ketones is 1. The third-order valence-electron chi connectivity index (χ3n) is 4.57. The van der Waals surface area contributed by atoms with Gasteiger partial charge in [0.15, 0.2) is 5.78 Å². The van der Waals surface area contributed by atoms with Crippen LogP contribution in [-0.4, -0.2) is 34.9 Å². The Labute approximate surface area is 172 Å². The van der Waals surface area contributed by atoms with E-state index in [9.17, 15) is 14.9 Å². The lowest BCUT2D eigenvalue weighted by atomic mass is 10.1. The standard InChI is InChI=1S/C21H20N6O3/c1-14(2)12-26-18(11-20(24-26)27(29)30)19(28)10-16-8-9-25-13-17(23-21(25)22-16)15-6-4-3-5-7-15/h3-9,11,13-14H,10,12H2,1-2H3. The van der Waals surface area contributed by atoms with Crippen molar-refractivity contribution >= 4 is 17.4 Å². The molecule has 0 unspecified atom stereocenters. The molecule has 0 amide bonds. The van der Waals surface area contributed by atoms with E-state index in [-0.39, 0.29) is 29.6 Å². The number of hydrogen-bond acceptors (Lipinski definition) is 6. The highest BCUT2D eigenvalue weighted by Gasteiger charge is 2.24. The summed E-state index contributed by atoms with van der Waals surface area (Å²) in [5.41, 5.74) is 2.52. The Kier molecular flexibility index (Phi) is 5.09. The molecule has 0 aliphatic carbocycles. The second-order valence-electron chi connectivity index (χ2n) is 7.44. The summed E-state index contributed by atoms with van der Waals surface area (Å²) in [5.74, 6) is 0.0683. The van der Waals surface area contributed by atoms with Gasteiger partial charge >= 0.3 is 5.82 Å². The van der Waals surface area contributed by atoms with Gasteiger partial charge in [-0.15, -0.1) is 0 Å². The van der Waals surface area contributed by atoms with Gasteiger partial charge in [-0.25, -0.2) is 9.97 Å². The summed E-state index contributed by atoms with van der Waals surface area (Å²) < 4.78 is 3.21. The zero-order valence-electron chi connectivity index (χ0n) is 16.6. The van der Waals surface area contributed by atoms with Crippen molar-refractivity contribution in [1.29, 1.82) is 0 Å². The van der Waals surface area contributed by atoms with Gasteiger partial charge < -0.3 is 10.1 Å². The molecule has 0 bridgehead atoms. The minimum absolute atomic E-state index is 0.00493. The second kappa shape index (κ2) is 7.86. The third-order valence-corrected chi connectivity index (χ3v) is 4.57. The number of nitrogens with zero attached hydrogens (tertiary/aromatic N) is 6. The first-order valence-corrected chi connectivity index (χ1v) is 9.56. The second-order valence-corrected chi connectivity index (χ2v) is 7.44. The van der Waals surface area contributed by atoms with E-state index in [0.29, 0.717) is 18.0 Å². The lowest BCUT2D eigenvalue weighted by molar-refractivity contribution is -0.389. The molecule has 0 saturated heterocycles. The lowest BCUT2D eigenvalue weighted by Gasteiger charge is -2.05. The van der Waals surface area contributed by atoms with Crippen molar-refractivity contribution in [2.45, 2.75) is 26.8 Å². The predicted octanol–water partition coefficient (Wildman–Crippen LogP) is 3.58. The average molecular weight is 404 g/mol. The van der Waals surface area contributed by atoms with Gasteiger partial charge in [-0.1, -0.05) is 44.2 Å². The summed E-state index contributed by atoms with van der Waals surface area (Å²) >= 11 is 0. The van der Waals surface area contributed by atoms with Crippen LogP contribution in [0.5, 0.6) is 0 Å². The Bertz CT molecular complexity index is 1230. The number of imidazole rings is 1. The van der Waals surface area contributed by atoms with Crippen LogP contribution >= 0.6 is 0 Å². The van der Waals surface area contributed by atoms with Gasteiger partial charge in [-0.2, -0.15) is 4.68 Å². The summed E-state index contributed by atoms with van der Waals surface area (Å²) in [5, 5.41) is 15.1. The minimum atomic E-state index is -0.590. The van der Waals surface area contributed by atoms with Crippen molar-refractivity contribution in [3.8, 4) is 11.3 Å². The maximum absolute atomic E-state index is 12.9. The SMILES string of the molecule is CC(C)Cn1nc([N+](=O)[O-])cc1C(=O)Cc1ccn2cc(-c3ccccc3)nc2n1. The van der Waals surface area contributed by atoms with Crippen LogP contribution < -0.4 is 0 Å². The monoisotopic (exact) mass is 404 g/mol. The summed E-state index contributed by atoms with van der Waals surface area (Å²) in [4.78, 5) is 32.4. The molecule has 0 radical (unpaired) electrons. The fourth-order valence-corrected chi connectivity index (χ4v) is 3.21. The molecule has 0 saturated carbocycles. The first-order chi connectivity index (χ1) is 14.4. The average Bonchev–Trinajstić information content (AvgIpc) is 3.32. The summed E-state index contributed by atoms with van der Waals surface area (Å²) in [6, 6.07) is 12.7. The van der Waals surface area contributed by atoms with Crippen LogP contribution in [0.1, 0.15) is 30.0 Å². The Morgan fingerprint density at radius 3 is 2.63 bits per heavy atom. The van der Waals surface area contributed by atoms with Gasteiger partial charge in [0.05, 0.1) is 35.5 Å². The van der Waals surface area contributed by atoms with E-state index in [1.165, 1.54) is 10.7 Å². The molecule has 0 aliphatic rings. The zero-order valence-corrected chi connectivity index (χ0v) is 16.6. The van der Waals surface area contributed by atoms with Crippen molar-refractivity contribution in [3.63, 3.8) is 0 Å². The van der Waals surface area contributed by atoms with E-state index in [4.69, 9.17) is 0 Å². The van der Waals surface area contributed by atoms with Crippen molar-refractivity contribution in [3.05, 3.63) is 76.4 Å². The quantitative estimate of drug-likeness (QED) is 0.265. The molecule has 9 heteroatoms.